The van der Waals surface area contributed by atoms with E-state index in [0.717, 1.165) is 0 Å². The Hall–Kier alpha value is 0.240. The van der Waals surface area contributed by atoms with Crippen molar-refractivity contribution < 1.29 is 4.74 Å². The molecule has 0 rings (SSSR count). The number of ether oxygens (including phenoxy) is 1. The molecule has 1 nitrogen and oxygen atoms in total. The Morgan fingerprint density at radius 2 is 1.58 bits per heavy atom. The van der Waals surface area contributed by atoms with E-state index in [4.69, 9.17) is 17.0 Å². The van der Waals surface area contributed by atoms with E-state index in [-0.39, 0.29) is 5.60 Å². The van der Waals surface area contributed by atoms with Crippen LogP contribution in [0.4, 0.5) is 0 Å². The number of hydrogen-bond acceptors (Lipinski definition) is 2. The largest absolute Gasteiger partial charge is 0.472 e. The fraction of sp³-hybridized carbons (Fsp3) is 0.889. The molecule has 0 aliphatic rings. The van der Waals surface area contributed by atoms with Crippen molar-refractivity contribution in [2.45, 2.75) is 40.2 Å². The zero-order chi connectivity index (χ0) is 9.94. The van der Waals surface area contributed by atoms with Gasteiger partial charge in [0.1, 0.15) is 5.60 Å². The fourth-order valence-electron chi connectivity index (χ4n) is 1.09. The van der Waals surface area contributed by atoms with Gasteiger partial charge in [-0.05, 0) is 31.0 Å². The average molecular weight is 206 g/mol. The van der Waals surface area contributed by atoms with Crippen LogP contribution in [0.2, 0.25) is 0 Å². The second-order valence-electron chi connectivity index (χ2n) is 3.86. The minimum atomic E-state index is -0.196. The third kappa shape index (κ3) is 2.94. The van der Waals surface area contributed by atoms with Crippen LogP contribution in [0.1, 0.15) is 34.6 Å². The standard InChI is InChI=1S/C9H18OS2/c1-6(2)9(5,7(3)4)10-8(11)12/h6-7H,1-5H3,(H,11,12). The highest BCUT2D eigenvalue weighted by atomic mass is 32.1. The molecule has 0 aromatic rings. The molecule has 0 unspecified atom stereocenters. The van der Waals surface area contributed by atoms with E-state index in [9.17, 15) is 0 Å². The second kappa shape index (κ2) is 4.47. The first-order chi connectivity index (χ1) is 5.30. The Kier molecular flexibility index (Phi) is 4.56. The predicted octanol–water partition coefficient (Wildman–Crippen LogP) is 3.29. The fourth-order valence-corrected chi connectivity index (χ4v) is 1.47. The lowest BCUT2D eigenvalue weighted by atomic mass is 9.82. The third-order valence-electron chi connectivity index (χ3n) is 2.60. The lowest BCUT2D eigenvalue weighted by molar-refractivity contribution is -0.00821. The maximum absolute atomic E-state index is 5.56. The molecule has 12 heavy (non-hydrogen) atoms. The van der Waals surface area contributed by atoms with Gasteiger partial charge in [-0.1, -0.05) is 40.3 Å². The van der Waals surface area contributed by atoms with Crippen molar-refractivity contribution in [2.75, 3.05) is 0 Å². The van der Waals surface area contributed by atoms with Gasteiger partial charge in [0.25, 0.3) is 0 Å². The SMILES string of the molecule is CC(C)C(C)(OC(=S)S)C(C)C. The van der Waals surface area contributed by atoms with Gasteiger partial charge in [0.2, 0.25) is 4.38 Å². The van der Waals surface area contributed by atoms with Crippen LogP contribution in [0, 0.1) is 11.8 Å². The van der Waals surface area contributed by atoms with E-state index >= 15 is 0 Å². The Bertz CT molecular complexity index is 156. The Morgan fingerprint density at radius 3 is 1.67 bits per heavy atom. The summed E-state index contributed by atoms with van der Waals surface area (Å²) in [6, 6.07) is 0. The van der Waals surface area contributed by atoms with Gasteiger partial charge in [0, 0.05) is 0 Å². The van der Waals surface area contributed by atoms with Crippen molar-refractivity contribution in [3.63, 3.8) is 0 Å². The molecule has 72 valence electrons. The van der Waals surface area contributed by atoms with E-state index in [2.05, 4.69) is 47.2 Å². The smallest absolute Gasteiger partial charge is 0.217 e. The van der Waals surface area contributed by atoms with Crippen LogP contribution < -0.4 is 0 Å². The first-order valence-corrected chi connectivity index (χ1v) is 5.08. The minimum absolute atomic E-state index is 0.196. The lowest BCUT2D eigenvalue weighted by Gasteiger charge is -2.37. The molecule has 0 N–H and O–H groups in total. The summed E-state index contributed by atoms with van der Waals surface area (Å²) in [5.41, 5.74) is -0.196. The molecule has 0 radical (unpaired) electrons. The predicted molar refractivity (Wildman–Crippen MR) is 60.8 cm³/mol. The molecule has 0 saturated carbocycles. The van der Waals surface area contributed by atoms with Crippen LogP contribution in [0.5, 0.6) is 0 Å². The van der Waals surface area contributed by atoms with Gasteiger partial charge in [-0.15, -0.1) is 0 Å². The maximum Gasteiger partial charge on any atom is 0.217 e. The quantitative estimate of drug-likeness (QED) is 0.560. The molecule has 0 bridgehead atoms. The summed E-state index contributed by atoms with van der Waals surface area (Å²) in [6.07, 6.45) is 0. The summed E-state index contributed by atoms with van der Waals surface area (Å²) < 4.78 is 5.89. The van der Waals surface area contributed by atoms with Crippen LogP contribution >= 0.6 is 24.8 Å². The van der Waals surface area contributed by atoms with Crippen molar-refractivity contribution >= 4 is 29.2 Å². The highest BCUT2D eigenvalue weighted by Gasteiger charge is 2.34. The van der Waals surface area contributed by atoms with E-state index in [0.29, 0.717) is 16.2 Å². The minimum Gasteiger partial charge on any atom is -0.472 e. The van der Waals surface area contributed by atoms with Crippen molar-refractivity contribution in [1.82, 2.24) is 0 Å². The van der Waals surface area contributed by atoms with Crippen molar-refractivity contribution in [2.24, 2.45) is 11.8 Å². The number of thiol groups is 1. The van der Waals surface area contributed by atoms with E-state index in [1.165, 1.54) is 0 Å². The van der Waals surface area contributed by atoms with Crippen LogP contribution in [-0.4, -0.2) is 9.98 Å². The molecular formula is C9H18OS2. The average Bonchev–Trinajstić information content (AvgIpc) is 1.84. The molecule has 0 fully saturated rings. The number of thiocarbonyl (C=S) groups is 1. The molecule has 0 spiro atoms. The van der Waals surface area contributed by atoms with Crippen LogP contribution in [0.15, 0.2) is 0 Å². The van der Waals surface area contributed by atoms with Crippen molar-refractivity contribution in [1.29, 1.82) is 0 Å². The number of hydrogen-bond donors (Lipinski definition) is 1. The highest BCUT2D eigenvalue weighted by molar-refractivity contribution is 8.10. The van der Waals surface area contributed by atoms with Gasteiger partial charge in [0.15, 0.2) is 0 Å². The molecule has 0 aromatic heterocycles. The Labute approximate surface area is 86.3 Å². The summed E-state index contributed by atoms with van der Waals surface area (Å²) in [4.78, 5) is 0. The van der Waals surface area contributed by atoms with E-state index in [1.807, 2.05) is 0 Å². The molecule has 0 atom stereocenters. The van der Waals surface area contributed by atoms with Crippen molar-refractivity contribution in [3.05, 3.63) is 0 Å². The summed E-state index contributed by atoms with van der Waals surface area (Å²) in [5, 5.41) is 0. The molecular weight excluding hydrogens is 188 g/mol. The molecule has 0 aromatic carbocycles. The molecule has 0 amide bonds. The van der Waals surface area contributed by atoms with Gasteiger partial charge >= 0.3 is 0 Å². The maximum atomic E-state index is 5.56. The van der Waals surface area contributed by atoms with Gasteiger partial charge in [-0.2, -0.15) is 0 Å². The second-order valence-corrected chi connectivity index (χ2v) is 4.94. The van der Waals surface area contributed by atoms with Crippen LogP contribution in [-0.2, 0) is 4.74 Å². The third-order valence-corrected chi connectivity index (χ3v) is 2.77. The zero-order valence-corrected chi connectivity index (χ0v) is 10.1. The first-order valence-electron chi connectivity index (χ1n) is 4.22. The van der Waals surface area contributed by atoms with Gasteiger partial charge in [-0.3, -0.25) is 0 Å². The summed E-state index contributed by atoms with van der Waals surface area (Å²) in [5.74, 6) is 0.866. The molecule has 0 heterocycles. The molecule has 0 aliphatic heterocycles. The lowest BCUT2D eigenvalue weighted by Crippen LogP contribution is -2.41. The van der Waals surface area contributed by atoms with Gasteiger partial charge < -0.3 is 4.74 Å². The zero-order valence-electron chi connectivity index (χ0n) is 8.42. The van der Waals surface area contributed by atoms with Gasteiger partial charge in [-0.25, -0.2) is 0 Å². The van der Waals surface area contributed by atoms with Gasteiger partial charge in [0.05, 0.1) is 0 Å². The summed E-state index contributed by atoms with van der Waals surface area (Å²) >= 11 is 8.81. The highest BCUT2D eigenvalue weighted by Crippen LogP contribution is 2.30. The Morgan fingerprint density at radius 1 is 1.25 bits per heavy atom. The van der Waals surface area contributed by atoms with Crippen molar-refractivity contribution in [3.8, 4) is 0 Å². The monoisotopic (exact) mass is 206 g/mol. The van der Waals surface area contributed by atoms with E-state index < -0.39 is 0 Å². The number of rotatable bonds is 3. The topological polar surface area (TPSA) is 9.23 Å². The van der Waals surface area contributed by atoms with Crippen LogP contribution in [0.25, 0.3) is 0 Å². The van der Waals surface area contributed by atoms with Crippen LogP contribution in [0.3, 0.4) is 0 Å². The summed E-state index contributed by atoms with van der Waals surface area (Å²) in [7, 11) is 0. The molecule has 3 heteroatoms. The first kappa shape index (κ1) is 12.2. The Balaban J connectivity index is 4.51. The van der Waals surface area contributed by atoms with E-state index in [1.54, 1.807) is 0 Å². The molecule has 0 aliphatic carbocycles. The molecule has 0 saturated heterocycles. The summed E-state index contributed by atoms with van der Waals surface area (Å²) in [6.45, 7) is 10.6. The normalized spacial score (nSPS) is 12.3.